The number of fused-ring (bicyclic) bond motifs is 1. The van der Waals surface area contributed by atoms with Crippen LogP contribution in [0.3, 0.4) is 0 Å². The van der Waals surface area contributed by atoms with E-state index in [9.17, 15) is 0 Å². The summed E-state index contributed by atoms with van der Waals surface area (Å²) in [5.74, 6) is 3.46. The molecule has 2 aromatic rings. The number of rotatable bonds is 4. The first kappa shape index (κ1) is 14.9. The highest BCUT2D eigenvalue weighted by Gasteiger charge is 2.21. The van der Waals surface area contributed by atoms with E-state index < -0.39 is 0 Å². The van der Waals surface area contributed by atoms with Crippen molar-refractivity contribution in [2.24, 2.45) is 11.8 Å². The number of imidazole rings is 1. The Morgan fingerprint density at radius 3 is 2.95 bits per heavy atom. The van der Waals surface area contributed by atoms with Crippen molar-refractivity contribution in [1.29, 1.82) is 0 Å². The van der Waals surface area contributed by atoms with E-state index in [4.69, 9.17) is 16.6 Å². The van der Waals surface area contributed by atoms with E-state index in [2.05, 4.69) is 36.6 Å². The van der Waals surface area contributed by atoms with Crippen LogP contribution in [0.15, 0.2) is 18.2 Å². The van der Waals surface area contributed by atoms with Crippen LogP contribution in [-0.2, 0) is 13.0 Å². The zero-order valence-electron chi connectivity index (χ0n) is 13.1. The summed E-state index contributed by atoms with van der Waals surface area (Å²) in [4.78, 5) is 4.83. The van der Waals surface area contributed by atoms with Gasteiger partial charge in [-0.2, -0.15) is 0 Å². The van der Waals surface area contributed by atoms with Crippen molar-refractivity contribution in [3.8, 4) is 0 Å². The molecule has 1 fully saturated rings. The maximum absolute atomic E-state index is 5.98. The van der Waals surface area contributed by atoms with Gasteiger partial charge in [-0.05, 0) is 49.3 Å². The third-order valence-electron chi connectivity index (χ3n) is 4.79. The van der Waals surface area contributed by atoms with Crippen LogP contribution in [0.2, 0.25) is 0 Å². The molecule has 0 aliphatic heterocycles. The summed E-state index contributed by atoms with van der Waals surface area (Å²) in [6.07, 6.45) is 6.34. The number of aromatic nitrogens is 2. The highest BCUT2D eigenvalue weighted by atomic mass is 35.5. The van der Waals surface area contributed by atoms with Crippen LogP contribution < -0.4 is 0 Å². The quantitative estimate of drug-likeness (QED) is 0.731. The molecule has 1 heterocycles. The lowest BCUT2D eigenvalue weighted by Gasteiger charge is -2.27. The van der Waals surface area contributed by atoms with E-state index in [0.29, 0.717) is 5.88 Å². The molecule has 2 atom stereocenters. The van der Waals surface area contributed by atoms with Gasteiger partial charge in [-0.25, -0.2) is 4.98 Å². The van der Waals surface area contributed by atoms with Gasteiger partial charge >= 0.3 is 0 Å². The zero-order chi connectivity index (χ0) is 14.8. The molecule has 1 aromatic carbocycles. The van der Waals surface area contributed by atoms with Gasteiger partial charge in [-0.1, -0.05) is 25.8 Å². The predicted octanol–water partition coefficient (Wildman–Crippen LogP) is 4.95. The second-order valence-corrected chi connectivity index (χ2v) is 7.09. The molecule has 114 valence electrons. The van der Waals surface area contributed by atoms with E-state index in [1.165, 1.54) is 36.8 Å². The number of alkyl halides is 1. The fourth-order valence-corrected chi connectivity index (χ4v) is 3.92. The monoisotopic (exact) mass is 304 g/mol. The van der Waals surface area contributed by atoms with Gasteiger partial charge in [0, 0.05) is 18.8 Å². The molecular weight excluding hydrogens is 280 g/mol. The fourth-order valence-electron chi connectivity index (χ4n) is 3.75. The van der Waals surface area contributed by atoms with E-state index in [0.717, 1.165) is 36.1 Å². The van der Waals surface area contributed by atoms with Gasteiger partial charge in [0.25, 0.3) is 0 Å². The third kappa shape index (κ3) is 3.26. The molecule has 0 amide bonds. The highest BCUT2D eigenvalue weighted by Crippen LogP contribution is 2.31. The van der Waals surface area contributed by atoms with Crippen LogP contribution in [0, 0.1) is 18.8 Å². The molecular formula is C18H25ClN2. The molecule has 2 unspecified atom stereocenters. The average molecular weight is 305 g/mol. The lowest BCUT2D eigenvalue weighted by Crippen LogP contribution is -2.19. The van der Waals surface area contributed by atoms with E-state index in [1.54, 1.807) is 0 Å². The Balaban J connectivity index is 1.93. The summed E-state index contributed by atoms with van der Waals surface area (Å²) in [7, 11) is 0. The molecule has 0 bridgehead atoms. The Labute approximate surface area is 132 Å². The fraction of sp³-hybridized carbons (Fsp3) is 0.611. The van der Waals surface area contributed by atoms with Gasteiger partial charge in [-0.15, -0.1) is 11.6 Å². The average Bonchev–Trinajstić information content (AvgIpc) is 2.76. The van der Waals surface area contributed by atoms with E-state index >= 15 is 0 Å². The minimum absolute atomic E-state index is 0.642. The number of hydrogen-bond acceptors (Lipinski definition) is 1. The summed E-state index contributed by atoms with van der Waals surface area (Å²) in [6.45, 7) is 5.62. The summed E-state index contributed by atoms with van der Waals surface area (Å²) in [6, 6.07) is 6.60. The van der Waals surface area contributed by atoms with E-state index in [1.807, 2.05) is 0 Å². The first-order valence-electron chi connectivity index (χ1n) is 8.19. The van der Waals surface area contributed by atoms with Crippen molar-refractivity contribution in [1.82, 2.24) is 9.55 Å². The highest BCUT2D eigenvalue weighted by molar-refractivity contribution is 6.17. The molecule has 21 heavy (non-hydrogen) atoms. The van der Waals surface area contributed by atoms with Crippen molar-refractivity contribution in [3.05, 3.63) is 29.6 Å². The molecule has 1 aliphatic rings. The van der Waals surface area contributed by atoms with Crippen molar-refractivity contribution in [3.63, 3.8) is 0 Å². The summed E-state index contributed by atoms with van der Waals surface area (Å²) in [5, 5.41) is 0. The normalized spacial score (nSPS) is 22.8. The van der Waals surface area contributed by atoms with Crippen LogP contribution in [-0.4, -0.2) is 15.4 Å². The Bertz CT molecular complexity index is 617. The minimum Gasteiger partial charge on any atom is -0.328 e. The smallest absolute Gasteiger partial charge is 0.111 e. The second kappa shape index (κ2) is 6.39. The molecule has 0 spiro atoms. The Morgan fingerprint density at radius 1 is 1.33 bits per heavy atom. The zero-order valence-corrected chi connectivity index (χ0v) is 13.9. The van der Waals surface area contributed by atoms with Gasteiger partial charge in [-0.3, -0.25) is 0 Å². The molecule has 3 heteroatoms. The van der Waals surface area contributed by atoms with Crippen LogP contribution in [0.25, 0.3) is 11.0 Å². The minimum atomic E-state index is 0.642. The molecule has 0 radical (unpaired) electrons. The van der Waals surface area contributed by atoms with Gasteiger partial charge in [0.15, 0.2) is 0 Å². The third-order valence-corrected chi connectivity index (χ3v) is 4.98. The number of halogens is 1. The van der Waals surface area contributed by atoms with Gasteiger partial charge < -0.3 is 4.57 Å². The first-order valence-corrected chi connectivity index (χ1v) is 8.72. The molecule has 1 aromatic heterocycles. The van der Waals surface area contributed by atoms with Crippen LogP contribution in [0.5, 0.6) is 0 Å². The Morgan fingerprint density at radius 2 is 2.19 bits per heavy atom. The predicted molar refractivity (Wildman–Crippen MR) is 90.0 cm³/mol. The Kier molecular flexibility index (Phi) is 4.54. The van der Waals surface area contributed by atoms with Crippen molar-refractivity contribution in [2.75, 3.05) is 5.88 Å². The summed E-state index contributed by atoms with van der Waals surface area (Å²) in [5.41, 5.74) is 3.67. The standard InChI is InChI=1S/C18H25ClN2/c1-13-4-3-5-15(10-13)12-21-17-7-6-14(2)11-16(17)20-18(21)8-9-19/h6-7,11,13,15H,3-5,8-10,12H2,1-2H3. The summed E-state index contributed by atoms with van der Waals surface area (Å²) < 4.78 is 2.43. The molecule has 1 aliphatic carbocycles. The SMILES string of the molecule is Cc1ccc2c(c1)nc(CCCl)n2CC1CCCC(C)C1. The molecule has 2 nitrogen and oxygen atoms in total. The topological polar surface area (TPSA) is 17.8 Å². The molecule has 0 N–H and O–H groups in total. The maximum atomic E-state index is 5.98. The number of benzene rings is 1. The van der Waals surface area contributed by atoms with Crippen LogP contribution in [0.1, 0.15) is 44.0 Å². The second-order valence-electron chi connectivity index (χ2n) is 6.71. The molecule has 1 saturated carbocycles. The van der Waals surface area contributed by atoms with Crippen molar-refractivity contribution >= 4 is 22.6 Å². The molecule has 3 rings (SSSR count). The van der Waals surface area contributed by atoms with Crippen molar-refractivity contribution < 1.29 is 0 Å². The first-order chi connectivity index (χ1) is 10.2. The van der Waals surface area contributed by atoms with Gasteiger partial charge in [0.1, 0.15) is 5.82 Å². The number of nitrogens with zero attached hydrogens (tertiary/aromatic N) is 2. The lowest BCUT2D eigenvalue weighted by atomic mass is 9.82. The van der Waals surface area contributed by atoms with Crippen molar-refractivity contribution in [2.45, 2.75) is 52.5 Å². The van der Waals surface area contributed by atoms with Gasteiger partial charge in [0.05, 0.1) is 11.0 Å². The number of aryl methyl sites for hydroxylation is 2. The van der Waals surface area contributed by atoms with Gasteiger partial charge in [0.2, 0.25) is 0 Å². The summed E-state index contributed by atoms with van der Waals surface area (Å²) >= 11 is 5.98. The lowest BCUT2D eigenvalue weighted by molar-refractivity contribution is 0.257. The maximum Gasteiger partial charge on any atom is 0.111 e. The van der Waals surface area contributed by atoms with Crippen LogP contribution >= 0.6 is 11.6 Å². The molecule has 0 saturated heterocycles. The Hall–Kier alpha value is -1.02. The number of hydrogen-bond donors (Lipinski definition) is 0. The van der Waals surface area contributed by atoms with E-state index in [-0.39, 0.29) is 0 Å². The van der Waals surface area contributed by atoms with Crippen LogP contribution in [0.4, 0.5) is 0 Å². The largest absolute Gasteiger partial charge is 0.328 e.